The predicted octanol–water partition coefficient (Wildman–Crippen LogP) is 3.52. The van der Waals surface area contributed by atoms with E-state index in [0.29, 0.717) is 9.74 Å². The molecule has 0 aromatic heterocycles. The molecule has 0 aromatic carbocycles. The van der Waals surface area contributed by atoms with Crippen LogP contribution in [0.4, 0.5) is 0 Å². The Kier molecular flexibility index (Phi) is 1.38. The first kappa shape index (κ1) is 7.85. The average molecular weight is 215 g/mol. The summed E-state index contributed by atoms with van der Waals surface area (Å²) in [5.74, 6) is 0.810. The third-order valence-electron chi connectivity index (χ3n) is 3.87. The lowest BCUT2D eigenvalue weighted by molar-refractivity contribution is 0.332. The monoisotopic (exact) mass is 214 g/mol. The summed E-state index contributed by atoms with van der Waals surface area (Å²) in [5.41, 5.74) is 1.80. The van der Waals surface area contributed by atoms with Gasteiger partial charge in [0.15, 0.2) is 0 Å². The molecule has 2 saturated carbocycles. The lowest BCUT2D eigenvalue weighted by Crippen LogP contribution is -2.34. The molecule has 2 atom stereocenters. The number of allylic oxidation sites excluding steroid dienone is 1. The fraction of sp³-hybridized carbons (Fsp3) is 0.800. The van der Waals surface area contributed by atoms with E-state index < -0.39 is 0 Å². The SMILES string of the molecule is C=C1C2CCC(Br)(C2)C1(C)C. The fourth-order valence-electron chi connectivity index (χ4n) is 2.66. The van der Waals surface area contributed by atoms with Gasteiger partial charge in [0.25, 0.3) is 0 Å². The summed E-state index contributed by atoms with van der Waals surface area (Å²) in [5, 5.41) is 0. The highest BCUT2D eigenvalue weighted by molar-refractivity contribution is 9.10. The molecule has 0 spiro atoms. The highest BCUT2D eigenvalue weighted by atomic mass is 79.9. The molecule has 0 aliphatic heterocycles. The van der Waals surface area contributed by atoms with Crippen molar-refractivity contribution in [2.24, 2.45) is 11.3 Å². The first-order valence-electron chi connectivity index (χ1n) is 4.35. The molecule has 2 bridgehead atoms. The van der Waals surface area contributed by atoms with E-state index in [1.54, 1.807) is 0 Å². The first-order valence-corrected chi connectivity index (χ1v) is 5.15. The summed E-state index contributed by atoms with van der Waals surface area (Å²) in [7, 11) is 0. The van der Waals surface area contributed by atoms with E-state index >= 15 is 0 Å². The third-order valence-corrected chi connectivity index (χ3v) is 5.59. The maximum absolute atomic E-state index is 4.20. The number of fused-ring (bicyclic) bond motifs is 2. The van der Waals surface area contributed by atoms with Gasteiger partial charge in [-0.05, 0) is 25.2 Å². The highest BCUT2D eigenvalue weighted by Crippen LogP contribution is 2.64. The lowest BCUT2D eigenvalue weighted by Gasteiger charge is -2.38. The zero-order valence-electron chi connectivity index (χ0n) is 7.28. The number of alkyl halides is 1. The summed E-state index contributed by atoms with van der Waals surface area (Å²) >= 11 is 3.89. The van der Waals surface area contributed by atoms with E-state index in [4.69, 9.17) is 0 Å². The van der Waals surface area contributed by atoms with Gasteiger partial charge < -0.3 is 0 Å². The minimum atomic E-state index is 0.329. The van der Waals surface area contributed by atoms with Crippen LogP contribution in [0, 0.1) is 11.3 Å². The lowest BCUT2D eigenvalue weighted by atomic mass is 9.73. The molecule has 0 N–H and O–H groups in total. The van der Waals surface area contributed by atoms with Crippen molar-refractivity contribution in [2.75, 3.05) is 0 Å². The van der Waals surface area contributed by atoms with E-state index in [0.717, 1.165) is 5.92 Å². The molecule has 0 nitrogen and oxygen atoms in total. The molecule has 2 aliphatic carbocycles. The molecule has 2 aliphatic rings. The summed E-state index contributed by atoms with van der Waals surface area (Å²) < 4.78 is 0.391. The molecule has 11 heavy (non-hydrogen) atoms. The van der Waals surface area contributed by atoms with E-state index in [1.165, 1.54) is 24.8 Å². The van der Waals surface area contributed by atoms with E-state index in [-0.39, 0.29) is 0 Å². The van der Waals surface area contributed by atoms with Crippen molar-refractivity contribution < 1.29 is 0 Å². The minimum Gasteiger partial charge on any atom is -0.0990 e. The van der Waals surface area contributed by atoms with Crippen LogP contribution in [-0.2, 0) is 0 Å². The van der Waals surface area contributed by atoms with E-state index in [1.807, 2.05) is 0 Å². The van der Waals surface area contributed by atoms with Gasteiger partial charge in [0.05, 0.1) is 0 Å². The van der Waals surface area contributed by atoms with Crippen LogP contribution < -0.4 is 0 Å². The molecule has 0 heterocycles. The Balaban J connectivity index is 2.44. The molecular weight excluding hydrogens is 200 g/mol. The number of hydrogen-bond acceptors (Lipinski definition) is 0. The Hall–Kier alpha value is 0.220. The van der Waals surface area contributed by atoms with Crippen molar-refractivity contribution in [1.82, 2.24) is 0 Å². The van der Waals surface area contributed by atoms with Crippen LogP contribution in [0.2, 0.25) is 0 Å². The highest BCUT2D eigenvalue weighted by Gasteiger charge is 2.57. The van der Waals surface area contributed by atoms with Gasteiger partial charge in [0.1, 0.15) is 0 Å². The van der Waals surface area contributed by atoms with Crippen molar-refractivity contribution in [3.63, 3.8) is 0 Å². The maximum atomic E-state index is 4.20. The zero-order chi connectivity index (χ0) is 8.28. The molecule has 2 rings (SSSR count). The summed E-state index contributed by atoms with van der Waals surface area (Å²) in [4.78, 5) is 0. The van der Waals surface area contributed by atoms with Gasteiger partial charge in [-0.3, -0.25) is 0 Å². The Morgan fingerprint density at radius 3 is 2.45 bits per heavy atom. The molecule has 2 unspecified atom stereocenters. The molecular formula is C10H15Br. The summed E-state index contributed by atoms with van der Waals surface area (Å²) in [6.07, 6.45) is 4.01. The molecule has 0 radical (unpaired) electrons. The molecule has 0 amide bonds. The maximum Gasteiger partial charge on any atom is 0.0351 e. The Labute approximate surface area is 77.2 Å². The smallest absolute Gasteiger partial charge is 0.0351 e. The number of rotatable bonds is 0. The Bertz CT molecular complexity index is 217. The largest absolute Gasteiger partial charge is 0.0990 e. The van der Waals surface area contributed by atoms with Gasteiger partial charge in [-0.25, -0.2) is 0 Å². The van der Waals surface area contributed by atoms with Crippen molar-refractivity contribution in [1.29, 1.82) is 0 Å². The first-order chi connectivity index (χ1) is 4.97. The summed E-state index contributed by atoms with van der Waals surface area (Å²) in [6, 6.07) is 0. The second-order valence-corrected chi connectivity index (χ2v) is 6.07. The van der Waals surface area contributed by atoms with Crippen LogP contribution >= 0.6 is 15.9 Å². The molecule has 0 aromatic rings. The van der Waals surface area contributed by atoms with E-state index in [9.17, 15) is 0 Å². The zero-order valence-corrected chi connectivity index (χ0v) is 8.87. The van der Waals surface area contributed by atoms with Crippen LogP contribution in [-0.4, -0.2) is 4.32 Å². The molecule has 62 valence electrons. The van der Waals surface area contributed by atoms with Gasteiger partial charge in [-0.15, -0.1) is 0 Å². The van der Waals surface area contributed by atoms with Crippen molar-refractivity contribution in [3.8, 4) is 0 Å². The van der Waals surface area contributed by atoms with Gasteiger partial charge in [0, 0.05) is 9.74 Å². The Morgan fingerprint density at radius 1 is 1.55 bits per heavy atom. The number of halogens is 1. The minimum absolute atomic E-state index is 0.329. The quantitative estimate of drug-likeness (QED) is 0.428. The predicted molar refractivity (Wildman–Crippen MR) is 51.9 cm³/mol. The van der Waals surface area contributed by atoms with E-state index in [2.05, 4.69) is 36.4 Å². The van der Waals surface area contributed by atoms with Gasteiger partial charge >= 0.3 is 0 Å². The molecule has 2 fully saturated rings. The molecule has 1 heteroatoms. The van der Waals surface area contributed by atoms with Crippen LogP contribution in [0.15, 0.2) is 12.2 Å². The van der Waals surface area contributed by atoms with Crippen LogP contribution in [0.1, 0.15) is 33.1 Å². The molecule has 0 saturated heterocycles. The van der Waals surface area contributed by atoms with Crippen LogP contribution in [0.3, 0.4) is 0 Å². The van der Waals surface area contributed by atoms with Crippen LogP contribution in [0.25, 0.3) is 0 Å². The van der Waals surface area contributed by atoms with Gasteiger partial charge in [-0.2, -0.15) is 0 Å². The van der Waals surface area contributed by atoms with Crippen LogP contribution in [0.5, 0.6) is 0 Å². The topological polar surface area (TPSA) is 0 Å². The van der Waals surface area contributed by atoms with Crippen molar-refractivity contribution in [2.45, 2.75) is 37.4 Å². The van der Waals surface area contributed by atoms with Gasteiger partial charge in [-0.1, -0.05) is 41.9 Å². The standard InChI is InChI=1S/C10H15Br/c1-7-8-4-5-10(11,6-8)9(7,2)3/h8H,1,4-6H2,2-3H3. The second-order valence-electron chi connectivity index (χ2n) is 4.56. The van der Waals surface area contributed by atoms with Crippen molar-refractivity contribution in [3.05, 3.63) is 12.2 Å². The van der Waals surface area contributed by atoms with Crippen molar-refractivity contribution >= 4 is 15.9 Å². The average Bonchev–Trinajstić information content (AvgIpc) is 2.36. The Morgan fingerprint density at radius 2 is 2.18 bits per heavy atom. The van der Waals surface area contributed by atoms with Gasteiger partial charge in [0.2, 0.25) is 0 Å². The fourth-order valence-corrected chi connectivity index (χ4v) is 3.54. The normalized spacial score (nSPS) is 46.8. The number of hydrogen-bond donors (Lipinski definition) is 0. The second kappa shape index (κ2) is 1.93. The summed E-state index contributed by atoms with van der Waals surface area (Å²) in [6.45, 7) is 8.85. The third kappa shape index (κ3) is 0.756.